The first-order valence-corrected chi connectivity index (χ1v) is 29.2. The topological polar surface area (TPSA) is 245 Å². The van der Waals surface area contributed by atoms with Crippen LogP contribution in [0.4, 0.5) is 17.3 Å². The van der Waals surface area contributed by atoms with Gasteiger partial charge in [-0.3, -0.25) is 28.9 Å². The quantitative estimate of drug-likeness (QED) is 0.0416. The number of aliphatic hydroxyl groups excluding tert-OH is 1. The van der Waals surface area contributed by atoms with E-state index in [1.54, 1.807) is 29.7 Å². The van der Waals surface area contributed by atoms with E-state index in [2.05, 4.69) is 47.6 Å². The number of piperidine rings is 1. The number of β-amino-alcohol motifs (C(OH)–C–C–N with tert-alkyl or cyclic N) is 1. The number of amides is 5. The van der Waals surface area contributed by atoms with Crippen molar-refractivity contribution in [2.24, 2.45) is 11.1 Å². The van der Waals surface area contributed by atoms with E-state index in [1.165, 1.54) is 16.7 Å². The summed E-state index contributed by atoms with van der Waals surface area (Å²) in [5.41, 5.74) is 17.0. The van der Waals surface area contributed by atoms with Crippen molar-refractivity contribution in [2.45, 2.75) is 158 Å². The molecular formula is C56H79ClN12O6S2. The van der Waals surface area contributed by atoms with E-state index in [9.17, 15) is 29.1 Å². The number of nitrogens with two attached hydrogens (primary N) is 2. The lowest BCUT2D eigenvalue weighted by Crippen LogP contribution is -2.57. The zero-order valence-corrected chi connectivity index (χ0v) is 48.0. The minimum absolute atomic E-state index is 0.0182. The van der Waals surface area contributed by atoms with Crippen LogP contribution in [0.5, 0.6) is 0 Å². The number of carbonyl (C=O) groups excluding carboxylic acids is 5. The number of carbonyl (C=O) groups is 5. The van der Waals surface area contributed by atoms with E-state index < -0.39 is 23.6 Å². The first-order valence-electron chi connectivity index (χ1n) is 27.2. The number of piperazine rings is 1. The molecule has 3 saturated heterocycles. The van der Waals surface area contributed by atoms with Crippen LogP contribution in [-0.2, 0) is 24.0 Å². The zero-order chi connectivity index (χ0) is 55.4. The maximum absolute atomic E-state index is 14.1. The third kappa shape index (κ3) is 16.6. The van der Waals surface area contributed by atoms with Gasteiger partial charge in [-0.15, -0.1) is 11.3 Å². The maximum atomic E-state index is 14.1. The van der Waals surface area contributed by atoms with Gasteiger partial charge in [0.15, 0.2) is 5.82 Å². The summed E-state index contributed by atoms with van der Waals surface area (Å²) in [6.07, 6.45) is 8.84. The molecule has 5 amide bonds. The molecule has 0 radical (unpaired) electrons. The molecule has 3 fully saturated rings. The molecule has 2 aromatic carbocycles. The van der Waals surface area contributed by atoms with E-state index in [0.717, 1.165) is 99.4 Å². The number of aromatic nitrogens is 3. The fourth-order valence-electron chi connectivity index (χ4n) is 10.0. The van der Waals surface area contributed by atoms with Gasteiger partial charge in [-0.05, 0) is 81.7 Å². The molecule has 5 heterocycles. The van der Waals surface area contributed by atoms with Gasteiger partial charge in [-0.25, -0.2) is 15.0 Å². The van der Waals surface area contributed by atoms with Crippen LogP contribution in [0.1, 0.15) is 129 Å². The van der Waals surface area contributed by atoms with Gasteiger partial charge < -0.3 is 47.2 Å². The summed E-state index contributed by atoms with van der Waals surface area (Å²) < 4.78 is 0. The van der Waals surface area contributed by atoms with Gasteiger partial charge in [0.25, 0.3) is 0 Å². The standard InChI is InChI=1S/C56H79ClN12O6S2/c1-36(38-17-19-39(20-18-38)49-37(2)61-35-76-49)62-52(74)42-32-40(70)34-69(42)54(75)50(55(3,4)5)65-45(71)16-11-9-7-8-10-12-25-66-28-30-68(31-29-66)47(73)22-21-46(72)63-41-14-13-15-43(48(41)57)77-53-51(58)64-44(33-60-53)67-26-23-56(6,59)24-27-67/h13-15,17-20,33,35-36,40,42,50,70H,7-12,16,21-32,34,59H2,1-6H3,(H2,58,64)(H,62,74)(H,63,72)(H,65,71)/t36-,40+,42-,50+/m0/s1. The highest BCUT2D eigenvalue weighted by Crippen LogP contribution is 2.39. The third-order valence-corrected chi connectivity index (χ3v) is 17.5. The number of unbranched alkanes of at least 4 members (excludes halogenated alkanes) is 5. The Morgan fingerprint density at radius 3 is 2.25 bits per heavy atom. The average Bonchev–Trinajstić information content (AvgIpc) is 4.03. The molecule has 8 N–H and O–H groups in total. The molecule has 418 valence electrons. The summed E-state index contributed by atoms with van der Waals surface area (Å²) in [5.74, 6) is -0.262. The number of anilines is 3. The molecule has 0 spiro atoms. The highest BCUT2D eigenvalue weighted by atomic mass is 35.5. The van der Waals surface area contributed by atoms with Crippen molar-refractivity contribution in [3.8, 4) is 10.4 Å². The number of nitrogens with zero attached hydrogens (tertiary/aromatic N) is 7. The fraction of sp³-hybridized carbons (Fsp3) is 0.571. The van der Waals surface area contributed by atoms with Gasteiger partial charge in [0.2, 0.25) is 29.5 Å². The lowest BCUT2D eigenvalue weighted by Gasteiger charge is -2.37. The second-order valence-corrected chi connectivity index (χ2v) is 24.6. The molecule has 3 aliphatic heterocycles. The number of aliphatic hydroxyl groups is 1. The van der Waals surface area contributed by atoms with E-state index in [1.807, 2.05) is 75.4 Å². The van der Waals surface area contributed by atoms with Crippen molar-refractivity contribution in [1.82, 2.24) is 40.3 Å². The fourth-order valence-corrected chi connectivity index (χ4v) is 12.0. The predicted octanol–water partition coefficient (Wildman–Crippen LogP) is 7.58. The summed E-state index contributed by atoms with van der Waals surface area (Å²) in [5, 5.41) is 20.4. The SMILES string of the molecule is Cc1ncsc1-c1ccc([C@H](C)NC(=O)[C@@H]2C[C@@H](O)CN2C(=O)[C@@H](NC(=O)CCCCCCCCN2CCN(C(=O)CCC(=O)Nc3cccc(Sc4ncc(N5CCC(C)(N)CC5)nc4N)c3Cl)CC2)C(C)(C)C)cc1. The number of halogens is 1. The lowest BCUT2D eigenvalue weighted by molar-refractivity contribution is -0.144. The summed E-state index contributed by atoms with van der Waals surface area (Å²) in [7, 11) is 0. The van der Waals surface area contributed by atoms with E-state index >= 15 is 0 Å². The Hall–Kier alpha value is -5.38. The molecule has 21 heteroatoms. The molecule has 0 aliphatic carbocycles. The smallest absolute Gasteiger partial charge is 0.246 e. The van der Waals surface area contributed by atoms with Gasteiger partial charge >= 0.3 is 0 Å². The predicted molar refractivity (Wildman–Crippen MR) is 306 cm³/mol. The summed E-state index contributed by atoms with van der Waals surface area (Å²) in [6, 6.07) is 11.3. The zero-order valence-electron chi connectivity index (χ0n) is 45.6. The highest BCUT2D eigenvalue weighted by Gasteiger charge is 2.45. The van der Waals surface area contributed by atoms with Gasteiger partial charge in [0, 0.05) is 81.9 Å². The molecule has 0 bridgehead atoms. The van der Waals surface area contributed by atoms with Crippen molar-refractivity contribution in [3.05, 3.63) is 70.5 Å². The van der Waals surface area contributed by atoms with Crippen LogP contribution in [0.3, 0.4) is 0 Å². The Labute approximate surface area is 467 Å². The van der Waals surface area contributed by atoms with Crippen LogP contribution in [0, 0.1) is 12.3 Å². The Morgan fingerprint density at radius 1 is 0.896 bits per heavy atom. The number of nitrogens with one attached hydrogen (secondary N) is 3. The van der Waals surface area contributed by atoms with Crippen molar-refractivity contribution < 1.29 is 29.1 Å². The number of nitrogen functional groups attached to an aromatic ring is 1. The second kappa shape index (κ2) is 27.0. The second-order valence-electron chi connectivity index (χ2n) is 22.3. The largest absolute Gasteiger partial charge is 0.391 e. The van der Waals surface area contributed by atoms with Crippen LogP contribution < -0.4 is 32.3 Å². The Balaban J connectivity index is 0.746. The van der Waals surface area contributed by atoms with Gasteiger partial charge in [-0.2, -0.15) is 0 Å². The molecule has 3 aliphatic rings. The van der Waals surface area contributed by atoms with Crippen molar-refractivity contribution in [2.75, 3.05) is 68.3 Å². The van der Waals surface area contributed by atoms with Crippen molar-refractivity contribution >= 4 is 81.6 Å². The number of rotatable bonds is 22. The highest BCUT2D eigenvalue weighted by molar-refractivity contribution is 7.99. The van der Waals surface area contributed by atoms with E-state index in [-0.39, 0.29) is 66.9 Å². The van der Waals surface area contributed by atoms with Crippen molar-refractivity contribution in [1.29, 1.82) is 0 Å². The number of hydrogen-bond acceptors (Lipinski definition) is 15. The molecule has 77 heavy (non-hydrogen) atoms. The van der Waals surface area contributed by atoms with Crippen LogP contribution >= 0.6 is 34.7 Å². The first-order chi connectivity index (χ1) is 36.6. The molecule has 4 aromatic rings. The van der Waals surface area contributed by atoms with Crippen LogP contribution in [-0.4, -0.2) is 140 Å². The van der Waals surface area contributed by atoms with E-state index in [4.69, 9.17) is 23.1 Å². The summed E-state index contributed by atoms with van der Waals surface area (Å²) in [6.45, 7) is 16.9. The molecule has 4 atom stereocenters. The Kier molecular flexibility index (Phi) is 20.8. The first kappa shape index (κ1) is 59.3. The summed E-state index contributed by atoms with van der Waals surface area (Å²) >= 11 is 9.60. The Morgan fingerprint density at radius 2 is 1.58 bits per heavy atom. The molecular weight excluding hydrogens is 1040 g/mol. The van der Waals surface area contributed by atoms with Crippen LogP contribution in [0.25, 0.3) is 10.4 Å². The molecule has 2 aromatic heterocycles. The normalized spacial score (nSPS) is 18.7. The number of benzene rings is 2. The Bertz CT molecular complexity index is 2670. The van der Waals surface area contributed by atoms with Gasteiger partial charge in [0.05, 0.1) is 45.1 Å². The maximum Gasteiger partial charge on any atom is 0.246 e. The minimum atomic E-state index is -0.870. The van der Waals surface area contributed by atoms with Gasteiger partial charge in [0.1, 0.15) is 22.9 Å². The van der Waals surface area contributed by atoms with Crippen molar-refractivity contribution in [3.63, 3.8) is 0 Å². The minimum Gasteiger partial charge on any atom is -0.391 e. The molecule has 18 nitrogen and oxygen atoms in total. The van der Waals surface area contributed by atoms with Crippen LogP contribution in [0.2, 0.25) is 5.02 Å². The number of likely N-dealkylation sites (tertiary alicyclic amines) is 1. The molecule has 7 rings (SSSR count). The number of aryl methyl sites for hydroxylation is 1. The average molecular weight is 1120 g/mol. The summed E-state index contributed by atoms with van der Waals surface area (Å²) in [4.78, 5) is 90.3. The lowest BCUT2D eigenvalue weighted by atomic mass is 9.85. The molecule has 0 saturated carbocycles. The van der Waals surface area contributed by atoms with Crippen LogP contribution in [0.15, 0.2) is 64.1 Å². The van der Waals surface area contributed by atoms with Gasteiger partial charge in [-0.1, -0.05) is 100 Å². The molecule has 0 unspecified atom stereocenters. The number of thiazole rings is 1. The third-order valence-electron chi connectivity index (χ3n) is 14.9. The number of hydrogen-bond donors (Lipinski definition) is 6. The van der Waals surface area contributed by atoms with E-state index in [0.29, 0.717) is 58.2 Å². The monoisotopic (exact) mass is 1110 g/mol.